The Morgan fingerprint density at radius 3 is 2.58 bits per heavy atom. The molecule has 0 atom stereocenters. The van der Waals surface area contributed by atoms with Crippen LogP contribution in [0.3, 0.4) is 0 Å². The number of amides is 1. The second-order valence-corrected chi connectivity index (χ2v) is 9.62. The van der Waals surface area contributed by atoms with Gasteiger partial charge in [-0.25, -0.2) is 4.98 Å². The minimum absolute atomic E-state index is 0.0454. The highest BCUT2D eigenvalue weighted by atomic mass is 32.1. The first kappa shape index (κ1) is 23.0. The van der Waals surface area contributed by atoms with Gasteiger partial charge in [-0.15, -0.1) is 11.3 Å². The molecule has 0 aliphatic heterocycles. The summed E-state index contributed by atoms with van der Waals surface area (Å²) in [6.07, 6.45) is 0. The van der Waals surface area contributed by atoms with Crippen molar-refractivity contribution in [2.24, 2.45) is 0 Å². The first-order valence-electron chi connectivity index (χ1n) is 10.6. The van der Waals surface area contributed by atoms with Crippen LogP contribution >= 0.6 is 11.3 Å². The van der Waals surface area contributed by atoms with E-state index in [1.165, 1.54) is 18.3 Å². The number of methoxy groups -OCH3 is 1. The Morgan fingerprint density at radius 2 is 1.91 bits per heavy atom. The first-order chi connectivity index (χ1) is 15.6. The summed E-state index contributed by atoms with van der Waals surface area (Å²) in [5.41, 5.74) is 2.80. The zero-order chi connectivity index (χ0) is 23.9. The van der Waals surface area contributed by atoms with Gasteiger partial charge in [0.25, 0.3) is 5.91 Å². The molecule has 4 rings (SSSR count). The van der Waals surface area contributed by atoms with E-state index in [0.29, 0.717) is 28.4 Å². The van der Waals surface area contributed by atoms with E-state index < -0.39 is 5.60 Å². The van der Waals surface area contributed by atoms with E-state index in [1.54, 1.807) is 33.1 Å². The molecule has 4 aromatic rings. The number of carbonyl (C=O) groups excluding carboxylic acids is 2. The number of fused-ring (bicyclic) bond motifs is 2. The second-order valence-electron chi connectivity index (χ2n) is 8.60. The zero-order valence-corrected chi connectivity index (χ0v) is 20.1. The number of Topliss-reactive ketones (excluding diaryl/α,β-unsaturated/α-hetero) is 1. The van der Waals surface area contributed by atoms with E-state index in [0.717, 1.165) is 32.2 Å². The van der Waals surface area contributed by atoms with Gasteiger partial charge in [0.1, 0.15) is 5.82 Å². The number of hydrogen-bond acceptors (Lipinski definition) is 6. The van der Waals surface area contributed by atoms with Crippen LogP contribution in [0.5, 0.6) is 0 Å². The molecule has 0 spiro atoms. The maximum Gasteiger partial charge on any atom is 0.267 e. The van der Waals surface area contributed by atoms with Crippen molar-refractivity contribution in [2.75, 3.05) is 12.4 Å². The highest BCUT2D eigenvalue weighted by Crippen LogP contribution is 2.37. The van der Waals surface area contributed by atoms with E-state index >= 15 is 0 Å². The molecule has 0 saturated carbocycles. The molecule has 0 aliphatic carbocycles. The zero-order valence-electron chi connectivity index (χ0n) is 19.3. The number of aryl methyl sites for hydroxylation is 1. The van der Waals surface area contributed by atoms with Gasteiger partial charge in [0.15, 0.2) is 5.78 Å². The van der Waals surface area contributed by atoms with Gasteiger partial charge in [-0.05, 0) is 68.7 Å². The summed E-state index contributed by atoms with van der Waals surface area (Å²) in [6.45, 7) is 7.27. The van der Waals surface area contributed by atoms with E-state index in [-0.39, 0.29) is 11.7 Å². The lowest BCUT2D eigenvalue weighted by Crippen LogP contribution is -2.16. The standard InChI is InChI=1S/C26H26N2O4S/c1-14-22-16(13-32-5)9-10-17(15(2)29)24(22)33-23(14)25(30)28-21-12-11-18-19(26(3,4)31)7-6-8-20(18)27-21/h6-12,31H,13H2,1-5H3,(H,27,28,30). The number of hydrogen-bond donors (Lipinski definition) is 2. The average Bonchev–Trinajstić information content (AvgIpc) is 3.10. The van der Waals surface area contributed by atoms with Crippen LogP contribution in [-0.2, 0) is 16.9 Å². The number of benzene rings is 2. The maximum atomic E-state index is 13.2. The van der Waals surface area contributed by atoms with Crippen LogP contribution in [0, 0.1) is 6.92 Å². The van der Waals surface area contributed by atoms with Crippen molar-refractivity contribution in [2.45, 2.75) is 39.9 Å². The molecule has 7 heteroatoms. The topological polar surface area (TPSA) is 88.5 Å². The number of ether oxygens (including phenoxy) is 1. The molecule has 0 aliphatic rings. The number of pyridine rings is 1. The molecule has 0 unspecified atom stereocenters. The molecule has 2 aromatic heterocycles. The fourth-order valence-corrected chi connectivity index (χ4v) is 5.44. The van der Waals surface area contributed by atoms with Crippen molar-refractivity contribution < 1.29 is 19.4 Å². The van der Waals surface area contributed by atoms with Crippen molar-refractivity contribution in [1.82, 2.24) is 4.98 Å². The predicted molar refractivity (Wildman–Crippen MR) is 132 cm³/mol. The van der Waals surface area contributed by atoms with Crippen LogP contribution in [0.1, 0.15) is 57.5 Å². The number of ketones is 1. The molecule has 1 amide bonds. The summed E-state index contributed by atoms with van der Waals surface area (Å²) in [7, 11) is 1.62. The van der Waals surface area contributed by atoms with Gasteiger partial charge in [0.2, 0.25) is 0 Å². The van der Waals surface area contributed by atoms with Crippen molar-refractivity contribution >= 4 is 49.8 Å². The molecule has 2 heterocycles. The Morgan fingerprint density at radius 1 is 1.15 bits per heavy atom. The smallest absolute Gasteiger partial charge is 0.267 e. The Kier molecular flexibility index (Phi) is 6.05. The number of rotatable bonds is 6. The van der Waals surface area contributed by atoms with E-state index in [1.807, 2.05) is 37.3 Å². The molecule has 0 fully saturated rings. The van der Waals surface area contributed by atoms with Crippen LogP contribution in [0.25, 0.3) is 21.0 Å². The third-order valence-electron chi connectivity index (χ3n) is 5.68. The van der Waals surface area contributed by atoms with Crippen LogP contribution in [0.2, 0.25) is 0 Å². The lowest BCUT2D eigenvalue weighted by Gasteiger charge is -2.20. The van der Waals surface area contributed by atoms with Gasteiger partial charge in [0.05, 0.1) is 22.6 Å². The number of anilines is 1. The second kappa shape index (κ2) is 8.67. The number of nitrogens with one attached hydrogen (secondary N) is 1. The van der Waals surface area contributed by atoms with Crippen molar-refractivity contribution in [3.05, 3.63) is 69.6 Å². The summed E-state index contributed by atoms with van der Waals surface area (Å²) in [4.78, 5) is 30.5. The molecule has 2 aromatic carbocycles. The van der Waals surface area contributed by atoms with Gasteiger partial charge in [-0.2, -0.15) is 0 Å². The van der Waals surface area contributed by atoms with Gasteiger partial charge in [-0.3, -0.25) is 9.59 Å². The Labute approximate surface area is 196 Å². The van der Waals surface area contributed by atoms with Crippen molar-refractivity contribution in [1.29, 1.82) is 0 Å². The molecule has 0 bridgehead atoms. The maximum absolute atomic E-state index is 13.2. The van der Waals surface area contributed by atoms with Crippen LogP contribution in [0.4, 0.5) is 5.82 Å². The molecule has 0 saturated heterocycles. The summed E-state index contributed by atoms with van der Waals surface area (Å²) in [6, 6.07) is 12.8. The summed E-state index contributed by atoms with van der Waals surface area (Å²) < 4.78 is 6.12. The normalized spacial score (nSPS) is 11.8. The lowest BCUT2D eigenvalue weighted by atomic mass is 9.94. The Bertz CT molecular complexity index is 1400. The van der Waals surface area contributed by atoms with E-state index in [4.69, 9.17) is 4.74 Å². The third-order valence-corrected chi connectivity index (χ3v) is 7.01. The average molecular weight is 463 g/mol. The largest absolute Gasteiger partial charge is 0.386 e. The van der Waals surface area contributed by atoms with Gasteiger partial charge >= 0.3 is 0 Å². The SMILES string of the molecule is COCc1ccc(C(C)=O)c2sc(C(=O)Nc3ccc4c(C(C)(C)O)cccc4n3)c(C)c12. The number of aromatic nitrogens is 1. The van der Waals surface area contributed by atoms with E-state index in [2.05, 4.69) is 10.3 Å². The Balaban J connectivity index is 1.74. The van der Waals surface area contributed by atoms with Crippen molar-refractivity contribution in [3.8, 4) is 0 Å². The number of aliphatic hydroxyl groups is 1. The Hall–Kier alpha value is -3.13. The number of carbonyl (C=O) groups is 2. The van der Waals surface area contributed by atoms with Crippen LogP contribution < -0.4 is 5.32 Å². The minimum atomic E-state index is -1.01. The highest BCUT2D eigenvalue weighted by Gasteiger charge is 2.22. The monoisotopic (exact) mass is 462 g/mol. The van der Waals surface area contributed by atoms with Gasteiger partial charge in [-0.1, -0.05) is 18.2 Å². The lowest BCUT2D eigenvalue weighted by molar-refractivity contribution is 0.0801. The molecule has 170 valence electrons. The molecular weight excluding hydrogens is 436 g/mol. The van der Waals surface area contributed by atoms with Crippen LogP contribution in [0.15, 0.2) is 42.5 Å². The predicted octanol–water partition coefficient (Wildman–Crippen LogP) is 5.59. The van der Waals surface area contributed by atoms with E-state index in [9.17, 15) is 14.7 Å². The highest BCUT2D eigenvalue weighted by molar-refractivity contribution is 7.21. The molecule has 2 N–H and O–H groups in total. The fourth-order valence-electron chi connectivity index (χ4n) is 4.13. The quantitative estimate of drug-likeness (QED) is 0.365. The van der Waals surface area contributed by atoms with Gasteiger partial charge < -0.3 is 15.2 Å². The molecular formula is C26H26N2O4S. The third kappa shape index (κ3) is 4.27. The fraction of sp³-hybridized carbons (Fsp3) is 0.269. The molecule has 33 heavy (non-hydrogen) atoms. The molecule has 6 nitrogen and oxygen atoms in total. The number of nitrogens with zero attached hydrogens (tertiary/aromatic N) is 1. The summed E-state index contributed by atoms with van der Waals surface area (Å²) in [5.74, 6) is 0.0919. The van der Waals surface area contributed by atoms with Gasteiger partial charge in [0, 0.05) is 28.1 Å². The summed E-state index contributed by atoms with van der Waals surface area (Å²) >= 11 is 1.31. The molecule has 0 radical (unpaired) electrons. The summed E-state index contributed by atoms with van der Waals surface area (Å²) in [5, 5.41) is 15.1. The minimum Gasteiger partial charge on any atom is -0.386 e. The van der Waals surface area contributed by atoms with Crippen molar-refractivity contribution in [3.63, 3.8) is 0 Å². The van der Waals surface area contributed by atoms with Crippen LogP contribution in [-0.4, -0.2) is 28.9 Å². The number of thiophene rings is 1. The first-order valence-corrected chi connectivity index (χ1v) is 11.4.